The minimum atomic E-state index is 0.381. The Kier molecular flexibility index (Phi) is 8.10. The Balaban J connectivity index is 1.24. The maximum absolute atomic E-state index is 12.2. The normalized spacial score (nSPS) is 12.0. The molecule has 5 nitrogen and oxygen atoms in total. The van der Waals surface area contributed by atoms with Crippen molar-refractivity contribution in [2.24, 2.45) is 0 Å². The fraction of sp³-hybridized carbons (Fsp3) is 0.0159. The molecule has 15 rings (SSSR count). The van der Waals surface area contributed by atoms with Crippen LogP contribution in [0.15, 0.2) is 192 Å². The lowest BCUT2D eigenvalue weighted by Crippen LogP contribution is -2.08. The predicted molar refractivity (Wildman–Crippen MR) is 295 cm³/mol. The molecule has 0 aliphatic heterocycles. The fourth-order valence-corrected chi connectivity index (χ4v) is 14.0. The number of hydrogen-bond acceptors (Lipinski definition) is 4. The number of aromatic nitrogens is 2. The van der Waals surface area contributed by atoms with Crippen molar-refractivity contribution in [3.05, 3.63) is 211 Å². The molecule has 0 radical (unpaired) electrons. The van der Waals surface area contributed by atoms with E-state index in [9.17, 15) is 11.8 Å². The van der Waals surface area contributed by atoms with Crippen LogP contribution in [0.25, 0.3) is 144 Å². The Hall–Kier alpha value is -8.98. The number of fused-ring (bicyclic) bond motifs is 18. The number of aryl methyl sites for hydroxylation is 1. The number of furan rings is 1. The van der Waals surface area contributed by atoms with E-state index >= 15 is 0 Å². The van der Waals surface area contributed by atoms with Gasteiger partial charge in [-0.25, -0.2) is 4.85 Å². The first-order chi connectivity index (χ1) is 34.6. The van der Waals surface area contributed by atoms with Gasteiger partial charge in [0.15, 0.2) is 5.58 Å². The van der Waals surface area contributed by atoms with Crippen molar-refractivity contribution >= 4 is 134 Å². The molecule has 5 heterocycles. The molecule has 0 spiro atoms. The number of nitrogens with zero attached hydrogens (tertiary/aromatic N) is 4. The van der Waals surface area contributed by atoms with Gasteiger partial charge in [0.1, 0.15) is 11.7 Å². The van der Waals surface area contributed by atoms with Crippen molar-refractivity contribution < 1.29 is 4.42 Å². The van der Waals surface area contributed by atoms with Gasteiger partial charge in [-0.05, 0) is 54.4 Å². The van der Waals surface area contributed by atoms with Gasteiger partial charge < -0.3 is 13.6 Å². The third-order valence-corrected chi connectivity index (χ3v) is 16.8. The second-order valence-electron chi connectivity index (χ2n) is 18.1. The maximum atomic E-state index is 12.2. The van der Waals surface area contributed by atoms with Gasteiger partial charge in [-0.3, -0.25) is 0 Å². The zero-order valence-corrected chi connectivity index (χ0v) is 39.0. The van der Waals surface area contributed by atoms with Gasteiger partial charge in [0, 0.05) is 74.4 Å². The van der Waals surface area contributed by atoms with E-state index in [0.717, 1.165) is 103 Å². The summed E-state index contributed by atoms with van der Waals surface area (Å²) in [4.78, 5) is 4.66. The Labute approximate surface area is 407 Å². The molecule has 0 atom stereocenters. The van der Waals surface area contributed by atoms with Crippen molar-refractivity contribution in [3.63, 3.8) is 0 Å². The number of para-hydroxylation sites is 1. The highest BCUT2D eigenvalue weighted by molar-refractivity contribution is 7.27. The molecule has 0 fully saturated rings. The molecule has 0 amide bonds. The van der Waals surface area contributed by atoms with Gasteiger partial charge in [-0.2, -0.15) is 5.26 Å². The zero-order chi connectivity index (χ0) is 46.4. The molecule has 0 aliphatic carbocycles. The third kappa shape index (κ3) is 5.17. The summed E-state index contributed by atoms with van der Waals surface area (Å²) in [6.45, 7) is 11.6. The number of rotatable bonds is 4. The lowest BCUT2D eigenvalue weighted by atomic mass is 9.88. The van der Waals surface area contributed by atoms with E-state index < -0.39 is 0 Å². The van der Waals surface area contributed by atoms with E-state index in [1.807, 2.05) is 48.5 Å². The molecular weight excluding hydrogens is 893 g/mol. The summed E-state index contributed by atoms with van der Waals surface area (Å²) in [5, 5.41) is 23.2. The quantitative estimate of drug-likeness (QED) is 0.165. The lowest BCUT2D eigenvalue weighted by Gasteiger charge is -2.25. The first-order valence-corrected chi connectivity index (χ1v) is 24.9. The van der Waals surface area contributed by atoms with E-state index in [1.165, 1.54) is 30.9 Å². The van der Waals surface area contributed by atoms with Gasteiger partial charge >= 0.3 is 0 Å². The predicted octanol–water partition coefficient (Wildman–Crippen LogP) is 18.6. The van der Waals surface area contributed by atoms with Crippen LogP contribution in [0.1, 0.15) is 11.1 Å². The molecule has 0 bridgehead atoms. The van der Waals surface area contributed by atoms with Crippen LogP contribution < -0.4 is 0 Å². The van der Waals surface area contributed by atoms with Crippen molar-refractivity contribution in [2.45, 2.75) is 6.92 Å². The summed E-state index contributed by atoms with van der Waals surface area (Å²) >= 11 is 3.60. The van der Waals surface area contributed by atoms with Crippen molar-refractivity contribution in [2.75, 3.05) is 0 Å². The zero-order valence-electron chi connectivity index (χ0n) is 37.4. The minimum Gasteiger partial charge on any atom is -0.454 e. The number of thiophene rings is 2. The van der Waals surface area contributed by atoms with Gasteiger partial charge in [-0.15, -0.1) is 22.7 Å². The summed E-state index contributed by atoms with van der Waals surface area (Å²) in [7, 11) is 0. The average Bonchev–Trinajstić information content (AvgIpc) is 4.23. The lowest BCUT2D eigenvalue weighted by molar-refractivity contribution is 0.671. The highest BCUT2D eigenvalue weighted by Gasteiger charge is 2.33. The molecule has 324 valence electrons. The summed E-state index contributed by atoms with van der Waals surface area (Å²) in [6, 6.07) is 68.9. The van der Waals surface area contributed by atoms with E-state index in [1.54, 1.807) is 22.7 Å². The number of nitriles is 1. The second kappa shape index (κ2) is 14.5. The second-order valence-corrected chi connectivity index (χ2v) is 20.2. The minimum absolute atomic E-state index is 0.381. The van der Waals surface area contributed by atoms with Gasteiger partial charge in [0.2, 0.25) is 5.69 Å². The largest absolute Gasteiger partial charge is 0.454 e. The Bertz CT molecular complexity index is 4650. The van der Waals surface area contributed by atoms with Crippen LogP contribution in [-0.2, 0) is 0 Å². The SMILES string of the molecule is [C-]#[N+]c1c(-c2ccccc2)c(-n2c3c(ccc4c5ccccc5sc43)c3ccc4c5ccccc5sc4c32)c(-c2ccccc2)c(C#N)c1-n1c2ccccc2c2ccc3c4cc(C)ccc4oc3c21. The van der Waals surface area contributed by atoms with Crippen LogP contribution >= 0.6 is 22.7 Å². The van der Waals surface area contributed by atoms with Crippen LogP contribution in [0, 0.1) is 24.8 Å². The summed E-state index contributed by atoms with van der Waals surface area (Å²) in [5.41, 5.74) is 11.8. The molecular formula is C63H34N4OS2. The highest BCUT2D eigenvalue weighted by Crippen LogP contribution is 2.55. The van der Waals surface area contributed by atoms with E-state index in [4.69, 9.17) is 4.42 Å². The Morgan fingerprint density at radius 3 is 1.63 bits per heavy atom. The van der Waals surface area contributed by atoms with E-state index in [2.05, 4.69) is 166 Å². The smallest absolute Gasteiger partial charge is 0.221 e. The monoisotopic (exact) mass is 926 g/mol. The van der Waals surface area contributed by atoms with Crippen LogP contribution in [0.3, 0.4) is 0 Å². The molecule has 0 aliphatic rings. The molecule has 0 unspecified atom stereocenters. The highest BCUT2D eigenvalue weighted by atomic mass is 32.1. The van der Waals surface area contributed by atoms with Crippen molar-refractivity contribution in [3.8, 4) is 39.7 Å². The fourth-order valence-electron chi connectivity index (χ4n) is 11.5. The van der Waals surface area contributed by atoms with Gasteiger partial charge in [0.25, 0.3) is 0 Å². The van der Waals surface area contributed by atoms with E-state index in [0.29, 0.717) is 22.5 Å². The molecule has 70 heavy (non-hydrogen) atoms. The maximum Gasteiger partial charge on any atom is 0.221 e. The van der Waals surface area contributed by atoms with Crippen molar-refractivity contribution in [1.29, 1.82) is 5.26 Å². The number of hydrogen-bond donors (Lipinski definition) is 0. The van der Waals surface area contributed by atoms with Crippen LogP contribution in [-0.4, -0.2) is 9.13 Å². The van der Waals surface area contributed by atoms with Gasteiger partial charge in [-0.1, -0.05) is 157 Å². The third-order valence-electron chi connectivity index (χ3n) is 14.4. The number of benzene rings is 10. The molecule has 0 saturated heterocycles. The van der Waals surface area contributed by atoms with Gasteiger partial charge in [0.05, 0.1) is 55.0 Å². The topological polar surface area (TPSA) is 51.1 Å². The molecule has 0 N–H and O–H groups in total. The molecule has 7 heteroatoms. The van der Waals surface area contributed by atoms with Crippen LogP contribution in [0.4, 0.5) is 5.69 Å². The Morgan fingerprint density at radius 1 is 0.486 bits per heavy atom. The van der Waals surface area contributed by atoms with E-state index in [-0.39, 0.29) is 0 Å². The standard InChI is InChI=1S/C63H34N4OS2/c1-35-25-32-50-47(33-35)44-29-26-41-38-19-9-12-22-49(38)66(57(41)61(44)68-50)56-48(34-64)53(36-15-5-3-6-16-36)60(54(55(56)65-2)37-17-7-4-8-18-37)67-58-42(27-30-45-39-20-10-13-23-51(39)69-62(45)58)43-28-31-46-40-21-11-14-24-52(40)70-63(46)59(43)67/h3-33H,1H3. The summed E-state index contributed by atoms with van der Waals surface area (Å²) in [5.74, 6) is 0. The van der Waals surface area contributed by atoms with Crippen LogP contribution in [0.2, 0.25) is 0 Å². The van der Waals surface area contributed by atoms with Crippen molar-refractivity contribution in [1.82, 2.24) is 9.13 Å². The first-order valence-electron chi connectivity index (χ1n) is 23.3. The first kappa shape index (κ1) is 39.1. The summed E-state index contributed by atoms with van der Waals surface area (Å²) in [6.07, 6.45) is 0. The molecule has 0 saturated carbocycles. The van der Waals surface area contributed by atoms with Crippen LogP contribution in [0.5, 0.6) is 0 Å². The molecule has 5 aromatic heterocycles. The molecule has 10 aromatic carbocycles. The summed E-state index contributed by atoms with van der Waals surface area (Å²) < 4.78 is 16.2. The average molecular weight is 927 g/mol. The molecule has 15 aromatic rings. The Morgan fingerprint density at radius 2 is 1.01 bits per heavy atom.